The van der Waals surface area contributed by atoms with Crippen LogP contribution in [0.25, 0.3) is 0 Å². The molecule has 1 aromatic heterocycles. The number of hydrogen-bond acceptors (Lipinski definition) is 5. The number of nitrogens with one attached hydrogen (secondary N) is 1. The van der Waals surface area contributed by atoms with Crippen molar-refractivity contribution < 1.29 is 4.79 Å². The summed E-state index contributed by atoms with van der Waals surface area (Å²) < 4.78 is 0. The number of primary amides is 1. The van der Waals surface area contributed by atoms with Crippen LogP contribution in [-0.2, 0) is 0 Å². The molecular weight excluding hydrogens is 242 g/mol. The zero-order chi connectivity index (χ0) is 13.9. The molecule has 1 saturated carbocycles. The van der Waals surface area contributed by atoms with E-state index in [0.29, 0.717) is 18.3 Å². The van der Waals surface area contributed by atoms with Gasteiger partial charge < -0.3 is 16.8 Å². The average Bonchev–Trinajstić information content (AvgIpc) is 2.39. The Morgan fingerprint density at radius 2 is 2.32 bits per heavy atom. The molecule has 1 aromatic rings. The quantitative estimate of drug-likeness (QED) is 0.748. The molecule has 6 nitrogen and oxygen atoms in total. The molecule has 1 aliphatic carbocycles. The summed E-state index contributed by atoms with van der Waals surface area (Å²) >= 11 is 0. The summed E-state index contributed by atoms with van der Waals surface area (Å²) in [5.74, 6) is 0.728. The van der Waals surface area contributed by atoms with Crippen LogP contribution in [0.4, 0.5) is 5.82 Å². The van der Waals surface area contributed by atoms with Gasteiger partial charge >= 0.3 is 0 Å². The highest BCUT2D eigenvalue weighted by Crippen LogP contribution is 2.33. The fourth-order valence-corrected chi connectivity index (χ4v) is 2.81. The van der Waals surface area contributed by atoms with Gasteiger partial charge in [-0.2, -0.15) is 0 Å². The van der Waals surface area contributed by atoms with E-state index in [1.807, 2.05) is 0 Å². The summed E-state index contributed by atoms with van der Waals surface area (Å²) in [5, 5.41) is 11.2. The lowest BCUT2D eigenvalue weighted by Crippen LogP contribution is -2.49. The molecule has 0 saturated heterocycles. The van der Waals surface area contributed by atoms with Crippen molar-refractivity contribution in [3.63, 3.8) is 0 Å². The lowest BCUT2D eigenvalue weighted by Gasteiger charge is -2.40. The molecule has 2 atom stereocenters. The first-order chi connectivity index (χ1) is 9.04. The van der Waals surface area contributed by atoms with E-state index in [1.165, 1.54) is 6.42 Å². The summed E-state index contributed by atoms with van der Waals surface area (Å²) in [4.78, 5) is 10.9. The molecule has 2 rings (SSSR count). The minimum atomic E-state index is -0.570. The first kappa shape index (κ1) is 13.7. The maximum absolute atomic E-state index is 10.9. The van der Waals surface area contributed by atoms with Crippen molar-refractivity contribution in [2.75, 3.05) is 11.9 Å². The summed E-state index contributed by atoms with van der Waals surface area (Å²) in [6, 6.07) is 3.30. The molecule has 104 valence electrons. The van der Waals surface area contributed by atoms with Crippen molar-refractivity contribution in [3.05, 3.63) is 17.8 Å². The minimum Gasteiger partial charge on any atom is -0.364 e. The molecule has 5 N–H and O–H groups in total. The molecule has 1 amide bonds. The van der Waals surface area contributed by atoms with Gasteiger partial charge in [-0.3, -0.25) is 4.79 Å². The van der Waals surface area contributed by atoms with Crippen molar-refractivity contribution in [2.24, 2.45) is 17.4 Å². The van der Waals surface area contributed by atoms with Gasteiger partial charge in [0.15, 0.2) is 5.69 Å². The number of anilines is 1. The fraction of sp³-hybridized carbons (Fsp3) is 0.615. The molecule has 2 unspecified atom stereocenters. The van der Waals surface area contributed by atoms with Crippen LogP contribution in [0, 0.1) is 5.92 Å². The van der Waals surface area contributed by atoms with Crippen LogP contribution < -0.4 is 16.8 Å². The number of hydrogen-bond donors (Lipinski definition) is 3. The molecule has 1 fully saturated rings. The van der Waals surface area contributed by atoms with Gasteiger partial charge in [0.05, 0.1) is 5.54 Å². The summed E-state index contributed by atoms with van der Waals surface area (Å²) in [6.07, 6.45) is 4.48. The third kappa shape index (κ3) is 3.20. The van der Waals surface area contributed by atoms with E-state index < -0.39 is 5.91 Å². The molecular formula is C13H21N5O. The van der Waals surface area contributed by atoms with E-state index in [9.17, 15) is 4.79 Å². The van der Waals surface area contributed by atoms with Crippen molar-refractivity contribution in [1.29, 1.82) is 0 Å². The van der Waals surface area contributed by atoms with E-state index in [1.54, 1.807) is 12.1 Å². The Bertz CT molecular complexity index is 447. The standard InChI is InChI=1S/C13H21N5O/c1-9-3-2-6-13(7-9,8-14)16-11-5-4-10(12(15)19)17-18-11/h4-5,9H,2-3,6-8,14H2,1H3,(H2,15,19)(H,16,18). The number of amides is 1. The number of aromatic nitrogens is 2. The molecule has 6 heteroatoms. The van der Waals surface area contributed by atoms with Crippen molar-refractivity contribution in [1.82, 2.24) is 10.2 Å². The van der Waals surface area contributed by atoms with Crippen LogP contribution in [0.5, 0.6) is 0 Å². The van der Waals surface area contributed by atoms with Crippen molar-refractivity contribution in [2.45, 2.75) is 38.1 Å². The molecule has 1 aliphatic rings. The van der Waals surface area contributed by atoms with Crippen LogP contribution in [0.15, 0.2) is 12.1 Å². The lowest BCUT2D eigenvalue weighted by atomic mass is 9.76. The second kappa shape index (κ2) is 5.52. The van der Waals surface area contributed by atoms with Gasteiger partial charge in [-0.1, -0.05) is 19.8 Å². The first-order valence-electron chi connectivity index (χ1n) is 6.66. The number of carbonyl (C=O) groups excluding carboxylic acids is 1. The van der Waals surface area contributed by atoms with Gasteiger partial charge in [-0.15, -0.1) is 10.2 Å². The molecule has 1 heterocycles. The number of rotatable bonds is 4. The van der Waals surface area contributed by atoms with Gasteiger partial charge in [-0.05, 0) is 30.9 Å². The zero-order valence-corrected chi connectivity index (χ0v) is 11.2. The van der Waals surface area contributed by atoms with Gasteiger partial charge in [0, 0.05) is 6.54 Å². The Balaban J connectivity index is 2.11. The highest BCUT2D eigenvalue weighted by molar-refractivity contribution is 5.90. The monoisotopic (exact) mass is 263 g/mol. The average molecular weight is 263 g/mol. The van der Waals surface area contributed by atoms with Gasteiger partial charge in [0.2, 0.25) is 0 Å². The predicted octanol–water partition coefficient (Wildman–Crippen LogP) is 0.895. The molecule has 0 aliphatic heterocycles. The van der Waals surface area contributed by atoms with E-state index in [-0.39, 0.29) is 11.2 Å². The third-order valence-electron chi connectivity index (χ3n) is 3.79. The van der Waals surface area contributed by atoms with E-state index in [0.717, 1.165) is 19.3 Å². The lowest BCUT2D eigenvalue weighted by molar-refractivity contribution is 0.0994. The maximum atomic E-state index is 10.9. The molecule has 0 bridgehead atoms. The Morgan fingerprint density at radius 3 is 2.84 bits per heavy atom. The Hall–Kier alpha value is -1.69. The third-order valence-corrected chi connectivity index (χ3v) is 3.79. The molecule has 19 heavy (non-hydrogen) atoms. The molecule has 0 aromatic carbocycles. The van der Waals surface area contributed by atoms with Crippen LogP contribution in [-0.4, -0.2) is 28.2 Å². The van der Waals surface area contributed by atoms with Crippen LogP contribution in [0.2, 0.25) is 0 Å². The van der Waals surface area contributed by atoms with E-state index >= 15 is 0 Å². The van der Waals surface area contributed by atoms with Crippen molar-refractivity contribution >= 4 is 11.7 Å². The Labute approximate surface area is 113 Å². The maximum Gasteiger partial charge on any atom is 0.269 e. The number of carbonyl (C=O) groups is 1. The molecule has 0 radical (unpaired) electrons. The van der Waals surface area contributed by atoms with Crippen LogP contribution in [0.1, 0.15) is 43.1 Å². The Kier molecular flexibility index (Phi) is 3.99. The fourth-order valence-electron chi connectivity index (χ4n) is 2.81. The van der Waals surface area contributed by atoms with E-state index in [2.05, 4.69) is 22.4 Å². The summed E-state index contributed by atoms with van der Waals surface area (Å²) in [5.41, 5.74) is 11.1. The number of nitrogens with zero attached hydrogens (tertiary/aromatic N) is 2. The van der Waals surface area contributed by atoms with E-state index in [4.69, 9.17) is 11.5 Å². The predicted molar refractivity (Wildman–Crippen MR) is 73.6 cm³/mol. The van der Waals surface area contributed by atoms with Gasteiger partial charge in [-0.25, -0.2) is 0 Å². The highest BCUT2D eigenvalue weighted by Gasteiger charge is 2.33. The first-order valence-corrected chi connectivity index (χ1v) is 6.66. The summed E-state index contributed by atoms with van der Waals surface area (Å²) in [6.45, 7) is 2.81. The highest BCUT2D eigenvalue weighted by atomic mass is 16.1. The Morgan fingerprint density at radius 1 is 1.53 bits per heavy atom. The normalized spacial score (nSPS) is 26.9. The minimum absolute atomic E-state index is 0.111. The van der Waals surface area contributed by atoms with Gasteiger partial charge in [0.1, 0.15) is 5.82 Å². The smallest absolute Gasteiger partial charge is 0.269 e. The van der Waals surface area contributed by atoms with Crippen molar-refractivity contribution in [3.8, 4) is 0 Å². The van der Waals surface area contributed by atoms with Crippen LogP contribution in [0.3, 0.4) is 0 Å². The SMILES string of the molecule is CC1CCCC(CN)(Nc2ccc(C(N)=O)nn2)C1. The summed E-state index contributed by atoms with van der Waals surface area (Å²) in [7, 11) is 0. The zero-order valence-electron chi connectivity index (χ0n) is 11.2. The topological polar surface area (TPSA) is 107 Å². The second-order valence-corrected chi connectivity index (χ2v) is 5.48. The second-order valence-electron chi connectivity index (χ2n) is 5.48. The number of nitrogens with two attached hydrogens (primary N) is 2. The molecule has 0 spiro atoms. The largest absolute Gasteiger partial charge is 0.364 e. The van der Waals surface area contributed by atoms with Crippen LogP contribution >= 0.6 is 0 Å². The van der Waals surface area contributed by atoms with Gasteiger partial charge in [0.25, 0.3) is 5.91 Å².